The van der Waals surface area contributed by atoms with Crippen LogP contribution in [0.5, 0.6) is 0 Å². The van der Waals surface area contributed by atoms with Gasteiger partial charge >= 0.3 is 5.97 Å². The average Bonchev–Trinajstić information content (AvgIpc) is 2.75. The second kappa shape index (κ2) is 5.17. The van der Waals surface area contributed by atoms with Crippen LogP contribution >= 0.6 is 0 Å². The fourth-order valence-electron chi connectivity index (χ4n) is 2.56. The number of hydrogen-bond donors (Lipinski definition) is 0. The Hall–Kier alpha value is -1.57. The summed E-state index contributed by atoms with van der Waals surface area (Å²) in [6.07, 6.45) is 3.96. The zero-order valence-corrected chi connectivity index (χ0v) is 10.4. The third kappa shape index (κ3) is 2.26. The van der Waals surface area contributed by atoms with E-state index in [-0.39, 0.29) is 11.9 Å². The molecule has 0 radical (unpaired) electrons. The number of carbonyl (C=O) groups excluding carboxylic acids is 1. The minimum Gasteiger partial charge on any atom is -0.463 e. The van der Waals surface area contributed by atoms with Crippen LogP contribution in [0, 0.1) is 0 Å². The Morgan fingerprint density at radius 1 is 1.47 bits per heavy atom. The number of fused-ring (bicyclic) bond motifs is 1. The number of aryl methyl sites for hydroxylation is 1. The summed E-state index contributed by atoms with van der Waals surface area (Å²) in [5.41, 5.74) is 3.45. The lowest BCUT2D eigenvalue weighted by Crippen LogP contribution is -2.13. The van der Waals surface area contributed by atoms with Gasteiger partial charge in [0.25, 0.3) is 0 Å². The van der Waals surface area contributed by atoms with Crippen molar-refractivity contribution < 1.29 is 9.53 Å². The van der Waals surface area contributed by atoms with Crippen LogP contribution in [0.4, 0.5) is 0 Å². The molecule has 1 aliphatic rings. The molecule has 2 nitrogen and oxygen atoms in total. The quantitative estimate of drug-likeness (QED) is 0.588. The maximum atomic E-state index is 11.9. The summed E-state index contributed by atoms with van der Waals surface area (Å²) in [6, 6.07) is 8.36. The predicted octanol–water partition coefficient (Wildman–Crippen LogP) is 3.23. The van der Waals surface area contributed by atoms with Crippen LogP contribution < -0.4 is 0 Å². The molecular formula is C15H18O2. The highest BCUT2D eigenvalue weighted by Crippen LogP contribution is 2.38. The number of rotatable bonds is 3. The maximum absolute atomic E-state index is 11.9. The minimum atomic E-state index is -0.170. The minimum absolute atomic E-state index is 0.170. The Labute approximate surface area is 102 Å². The van der Waals surface area contributed by atoms with Crippen molar-refractivity contribution in [2.75, 3.05) is 6.61 Å². The van der Waals surface area contributed by atoms with Gasteiger partial charge in [-0.05, 0) is 37.8 Å². The predicted molar refractivity (Wildman–Crippen MR) is 67.9 cm³/mol. The van der Waals surface area contributed by atoms with E-state index in [9.17, 15) is 4.79 Å². The van der Waals surface area contributed by atoms with Gasteiger partial charge in [0, 0.05) is 11.5 Å². The first-order chi connectivity index (χ1) is 8.27. The van der Waals surface area contributed by atoms with Gasteiger partial charge in [-0.15, -0.1) is 0 Å². The lowest BCUT2D eigenvalue weighted by atomic mass is 9.92. The largest absolute Gasteiger partial charge is 0.463 e. The molecule has 0 amide bonds. The third-order valence-electron chi connectivity index (χ3n) is 3.33. The van der Waals surface area contributed by atoms with Crippen molar-refractivity contribution in [2.45, 2.75) is 32.6 Å². The zero-order valence-electron chi connectivity index (χ0n) is 10.4. The van der Waals surface area contributed by atoms with E-state index >= 15 is 0 Å². The Bertz CT molecular complexity index is 446. The van der Waals surface area contributed by atoms with E-state index in [1.54, 1.807) is 0 Å². The molecule has 2 rings (SSSR count). The summed E-state index contributed by atoms with van der Waals surface area (Å²) in [5, 5.41) is 0. The molecule has 0 aromatic heterocycles. The number of esters is 1. The van der Waals surface area contributed by atoms with Gasteiger partial charge in [-0.3, -0.25) is 0 Å². The lowest BCUT2D eigenvalue weighted by Gasteiger charge is -2.14. The molecule has 0 spiro atoms. The molecule has 1 aliphatic carbocycles. The van der Waals surface area contributed by atoms with Crippen LogP contribution in [0.3, 0.4) is 0 Å². The molecule has 2 heteroatoms. The van der Waals surface area contributed by atoms with Gasteiger partial charge in [0.15, 0.2) is 0 Å². The highest BCUT2D eigenvalue weighted by molar-refractivity contribution is 5.90. The van der Waals surface area contributed by atoms with Crippen molar-refractivity contribution >= 4 is 5.97 Å². The first kappa shape index (κ1) is 11.9. The van der Waals surface area contributed by atoms with Crippen LogP contribution in [-0.4, -0.2) is 12.6 Å². The van der Waals surface area contributed by atoms with E-state index in [0.717, 1.165) is 18.4 Å². The molecule has 0 bridgehead atoms. The van der Waals surface area contributed by atoms with Crippen molar-refractivity contribution in [3.8, 4) is 0 Å². The Morgan fingerprint density at radius 2 is 2.24 bits per heavy atom. The van der Waals surface area contributed by atoms with E-state index in [2.05, 4.69) is 18.2 Å². The number of benzene rings is 1. The molecule has 0 fully saturated rings. The Kier molecular flexibility index (Phi) is 3.62. The molecule has 0 saturated carbocycles. The van der Waals surface area contributed by atoms with Crippen molar-refractivity contribution in [1.82, 2.24) is 0 Å². The van der Waals surface area contributed by atoms with Crippen LogP contribution in [0.25, 0.3) is 0 Å². The second-order valence-electron chi connectivity index (χ2n) is 4.25. The smallest absolute Gasteiger partial charge is 0.334 e. The molecule has 0 heterocycles. The Morgan fingerprint density at radius 3 is 2.94 bits per heavy atom. The van der Waals surface area contributed by atoms with E-state index in [4.69, 9.17) is 4.74 Å². The van der Waals surface area contributed by atoms with Crippen LogP contribution in [0.2, 0.25) is 0 Å². The molecule has 1 aromatic rings. The Balaban J connectivity index is 2.27. The van der Waals surface area contributed by atoms with E-state index in [1.165, 1.54) is 11.1 Å². The molecule has 17 heavy (non-hydrogen) atoms. The molecular weight excluding hydrogens is 212 g/mol. The van der Waals surface area contributed by atoms with Gasteiger partial charge in [0.2, 0.25) is 0 Å². The second-order valence-corrected chi connectivity index (χ2v) is 4.25. The number of carbonyl (C=O) groups is 1. The molecule has 0 saturated heterocycles. The summed E-state index contributed by atoms with van der Waals surface area (Å²) in [4.78, 5) is 11.9. The summed E-state index contributed by atoms with van der Waals surface area (Å²) in [7, 11) is 0. The van der Waals surface area contributed by atoms with Crippen LogP contribution in [0.15, 0.2) is 35.9 Å². The summed E-state index contributed by atoms with van der Waals surface area (Å²) in [5.74, 6) is 0.0481. The highest BCUT2D eigenvalue weighted by atomic mass is 16.5. The van der Waals surface area contributed by atoms with E-state index < -0.39 is 0 Å². The normalized spacial score (nSPS) is 18.9. The zero-order chi connectivity index (χ0) is 12.3. The summed E-state index contributed by atoms with van der Waals surface area (Å²) < 4.78 is 5.12. The monoisotopic (exact) mass is 230 g/mol. The van der Waals surface area contributed by atoms with Crippen molar-refractivity contribution in [3.05, 3.63) is 47.0 Å². The molecule has 90 valence electrons. The van der Waals surface area contributed by atoms with Gasteiger partial charge in [-0.2, -0.15) is 0 Å². The maximum Gasteiger partial charge on any atom is 0.334 e. The van der Waals surface area contributed by atoms with Crippen molar-refractivity contribution in [2.24, 2.45) is 0 Å². The van der Waals surface area contributed by atoms with Gasteiger partial charge in [0.05, 0.1) is 6.61 Å². The van der Waals surface area contributed by atoms with Gasteiger partial charge < -0.3 is 4.74 Å². The molecule has 1 unspecified atom stereocenters. The van der Waals surface area contributed by atoms with Gasteiger partial charge in [0.1, 0.15) is 0 Å². The van der Waals surface area contributed by atoms with E-state index in [1.807, 2.05) is 26.0 Å². The number of ether oxygens (including phenoxy) is 1. The fraction of sp³-hybridized carbons (Fsp3) is 0.400. The summed E-state index contributed by atoms with van der Waals surface area (Å²) in [6.45, 7) is 4.19. The number of allylic oxidation sites excluding steroid dienone is 1. The number of hydrogen-bond acceptors (Lipinski definition) is 2. The van der Waals surface area contributed by atoms with Crippen molar-refractivity contribution in [1.29, 1.82) is 0 Å². The SMILES string of the molecule is C/C=C(/C(=O)OCC)C1CCc2ccccc21. The fourth-order valence-corrected chi connectivity index (χ4v) is 2.56. The van der Waals surface area contributed by atoms with Crippen LogP contribution in [0.1, 0.15) is 37.3 Å². The third-order valence-corrected chi connectivity index (χ3v) is 3.33. The topological polar surface area (TPSA) is 26.3 Å². The first-order valence-corrected chi connectivity index (χ1v) is 6.19. The standard InChI is InChI=1S/C15H18O2/c1-3-12(15(16)17-4-2)14-10-9-11-7-5-6-8-13(11)14/h3,5-8,14H,4,9-10H2,1-2H3/b12-3+. The molecule has 0 N–H and O–H groups in total. The average molecular weight is 230 g/mol. The first-order valence-electron chi connectivity index (χ1n) is 6.19. The molecule has 1 aromatic carbocycles. The molecule has 0 aliphatic heterocycles. The van der Waals surface area contributed by atoms with E-state index in [0.29, 0.717) is 6.61 Å². The van der Waals surface area contributed by atoms with Crippen molar-refractivity contribution in [3.63, 3.8) is 0 Å². The van der Waals surface area contributed by atoms with Gasteiger partial charge in [-0.1, -0.05) is 30.3 Å². The molecule has 1 atom stereocenters. The lowest BCUT2D eigenvalue weighted by molar-refractivity contribution is -0.138. The summed E-state index contributed by atoms with van der Waals surface area (Å²) >= 11 is 0. The highest BCUT2D eigenvalue weighted by Gasteiger charge is 2.28. The van der Waals surface area contributed by atoms with Gasteiger partial charge in [-0.25, -0.2) is 4.79 Å². The van der Waals surface area contributed by atoms with Crippen LogP contribution in [-0.2, 0) is 16.0 Å².